The Morgan fingerprint density at radius 1 is 0.861 bits per heavy atom. The molecule has 0 aliphatic heterocycles. The number of aliphatic carboxylic acids is 1. The summed E-state index contributed by atoms with van der Waals surface area (Å²) in [7, 11) is 0. The van der Waals surface area contributed by atoms with Crippen LogP contribution in [0.2, 0.25) is 0 Å². The molecule has 0 saturated carbocycles. The van der Waals surface area contributed by atoms with Gasteiger partial charge in [0.2, 0.25) is 23.6 Å². The molecule has 4 atom stereocenters. The fraction of sp³-hybridized carbons (Fsp3) is 0.450. The summed E-state index contributed by atoms with van der Waals surface area (Å²) < 4.78 is 0. The molecule has 0 saturated heterocycles. The average Bonchev–Trinajstić information content (AvgIpc) is 3.53. The lowest BCUT2D eigenvalue weighted by atomic mass is 10.1. The normalized spacial score (nSPS) is 14.2. The Labute approximate surface area is 204 Å². The van der Waals surface area contributed by atoms with E-state index in [9.17, 15) is 34.2 Å². The Hall–Kier alpha value is -4.31. The highest BCUT2D eigenvalue weighted by Crippen LogP contribution is 2.03. The van der Waals surface area contributed by atoms with E-state index in [0.29, 0.717) is 11.4 Å². The van der Waals surface area contributed by atoms with Crippen molar-refractivity contribution in [3.8, 4) is 0 Å². The van der Waals surface area contributed by atoms with Gasteiger partial charge in [-0.05, 0) is 6.42 Å². The number of carboxylic acids is 1. The van der Waals surface area contributed by atoms with E-state index in [1.54, 1.807) is 0 Å². The fourth-order valence-corrected chi connectivity index (χ4v) is 3.12. The summed E-state index contributed by atoms with van der Waals surface area (Å²) in [4.78, 5) is 73.8. The number of H-pyrrole nitrogens is 2. The zero-order valence-electron chi connectivity index (χ0n) is 19.1. The van der Waals surface area contributed by atoms with Gasteiger partial charge in [-0.25, -0.2) is 14.8 Å². The number of aromatic amines is 2. The molecule has 2 heterocycles. The van der Waals surface area contributed by atoms with Crippen molar-refractivity contribution >= 4 is 29.6 Å². The molecule has 36 heavy (non-hydrogen) atoms. The lowest BCUT2D eigenvalue weighted by Gasteiger charge is -2.24. The minimum atomic E-state index is -1.55. The molecule has 2 aromatic heterocycles. The summed E-state index contributed by atoms with van der Waals surface area (Å²) >= 11 is 0. The molecule has 2 rings (SSSR count). The van der Waals surface area contributed by atoms with Crippen molar-refractivity contribution in [1.29, 1.82) is 0 Å². The molecule has 0 aliphatic rings. The first-order chi connectivity index (χ1) is 17.1. The lowest BCUT2D eigenvalue weighted by molar-refractivity contribution is -0.142. The van der Waals surface area contributed by atoms with Gasteiger partial charge in [0.1, 0.15) is 18.1 Å². The first-order valence-electron chi connectivity index (χ1n) is 10.8. The monoisotopic (exact) mass is 507 g/mol. The van der Waals surface area contributed by atoms with Crippen LogP contribution in [-0.2, 0) is 36.8 Å². The number of nitrogens with zero attached hydrogens (tertiary/aromatic N) is 2. The van der Waals surface area contributed by atoms with Gasteiger partial charge in [0.25, 0.3) is 0 Å². The van der Waals surface area contributed by atoms with Crippen LogP contribution in [0.5, 0.6) is 0 Å². The number of nitrogens with one attached hydrogen (secondary N) is 5. The zero-order chi connectivity index (χ0) is 26.7. The van der Waals surface area contributed by atoms with Gasteiger partial charge in [-0.1, -0.05) is 0 Å². The first kappa shape index (κ1) is 27.9. The molecule has 2 aromatic rings. The second kappa shape index (κ2) is 13.5. The summed E-state index contributed by atoms with van der Waals surface area (Å²) in [6, 6.07) is -5.31. The van der Waals surface area contributed by atoms with Crippen LogP contribution in [0.1, 0.15) is 24.2 Å². The Balaban J connectivity index is 2.03. The van der Waals surface area contributed by atoms with E-state index in [2.05, 4.69) is 35.9 Å². The maximum absolute atomic E-state index is 12.8. The lowest BCUT2D eigenvalue weighted by Crippen LogP contribution is -2.58. The average molecular weight is 508 g/mol. The Kier molecular flexibility index (Phi) is 10.5. The molecule has 4 unspecified atom stereocenters. The summed E-state index contributed by atoms with van der Waals surface area (Å²) in [5, 5.41) is 25.9. The van der Waals surface area contributed by atoms with E-state index in [-0.39, 0.29) is 25.7 Å². The number of carboxylic acid groups (broad SMARTS) is 1. The van der Waals surface area contributed by atoms with E-state index in [1.165, 1.54) is 25.0 Å². The number of hydrogen-bond acceptors (Lipinski definition) is 9. The van der Waals surface area contributed by atoms with Gasteiger partial charge in [0.15, 0.2) is 0 Å². The summed E-state index contributed by atoms with van der Waals surface area (Å²) in [5.74, 6) is -4.69. The Morgan fingerprint density at radius 2 is 1.39 bits per heavy atom. The maximum atomic E-state index is 12.8. The second-order valence-corrected chi connectivity index (χ2v) is 7.88. The number of amides is 4. The third-order valence-electron chi connectivity index (χ3n) is 5.05. The predicted octanol–water partition coefficient (Wildman–Crippen LogP) is -3.96. The molecule has 0 aromatic carbocycles. The number of hydrogen-bond donors (Lipinski definition) is 9. The van der Waals surface area contributed by atoms with Gasteiger partial charge in [-0.15, -0.1) is 0 Å². The minimum absolute atomic E-state index is 0.0879. The van der Waals surface area contributed by atoms with Gasteiger partial charge in [0.05, 0.1) is 25.3 Å². The quantitative estimate of drug-likeness (QED) is 0.113. The summed E-state index contributed by atoms with van der Waals surface area (Å²) in [6.07, 6.45) is 5.10. The molecule has 11 N–H and O–H groups in total. The molecular weight excluding hydrogens is 478 g/mol. The molecule has 4 amide bonds. The number of carbonyl (C=O) groups is 5. The highest BCUT2D eigenvalue weighted by molar-refractivity contribution is 5.94. The van der Waals surface area contributed by atoms with Crippen LogP contribution in [0.15, 0.2) is 25.0 Å². The summed E-state index contributed by atoms with van der Waals surface area (Å²) in [6.45, 7) is -0.871. The highest BCUT2D eigenvalue weighted by atomic mass is 16.4. The highest BCUT2D eigenvalue weighted by Gasteiger charge is 2.30. The third kappa shape index (κ3) is 8.80. The van der Waals surface area contributed by atoms with E-state index in [0.717, 1.165) is 0 Å². The number of imidazole rings is 2. The van der Waals surface area contributed by atoms with Crippen LogP contribution in [-0.4, -0.2) is 90.5 Å². The second-order valence-electron chi connectivity index (χ2n) is 7.88. The Bertz CT molecular complexity index is 1030. The third-order valence-corrected chi connectivity index (χ3v) is 5.05. The van der Waals surface area contributed by atoms with Crippen molar-refractivity contribution in [2.45, 2.75) is 49.9 Å². The smallest absolute Gasteiger partial charge is 0.326 e. The number of rotatable bonds is 15. The SMILES string of the molecule is NC(=O)CCC(NC(=O)C(N)Cc1cnc[nH]1)C(=O)NC(CO)C(=O)NC(Cc1cnc[nH]1)C(=O)O. The topological polar surface area (TPSA) is 271 Å². The van der Waals surface area contributed by atoms with Gasteiger partial charge >= 0.3 is 5.97 Å². The van der Waals surface area contributed by atoms with Gasteiger partial charge in [-0.2, -0.15) is 0 Å². The van der Waals surface area contributed by atoms with Crippen LogP contribution >= 0.6 is 0 Å². The van der Waals surface area contributed by atoms with E-state index >= 15 is 0 Å². The van der Waals surface area contributed by atoms with E-state index < -0.39 is 60.4 Å². The van der Waals surface area contributed by atoms with Crippen LogP contribution < -0.4 is 27.4 Å². The molecule has 16 heteroatoms. The van der Waals surface area contributed by atoms with Crippen molar-refractivity contribution in [3.05, 3.63) is 36.4 Å². The van der Waals surface area contributed by atoms with Gasteiger partial charge in [0, 0.05) is 43.0 Å². The largest absolute Gasteiger partial charge is 0.480 e. The Morgan fingerprint density at radius 3 is 1.89 bits per heavy atom. The number of aromatic nitrogens is 4. The van der Waals surface area contributed by atoms with Crippen LogP contribution in [0.4, 0.5) is 0 Å². The fourth-order valence-electron chi connectivity index (χ4n) is 3.12. The molecule has 0 radical (unpaired) electrons. The van der Waals surface area contributed by atoms with Crippen molar-refractivity contribution in [1.82, 2.24) is 35.9 Å². The zero-order valence-corrected chi connectivity index (χ0v) is 19.1. The van der Waals surface area contributed by atoms with Crippen LogP contribution in [0.3, 0.4) is 0 Å². The molecule has 0 spiro atoms. The van der Waals surface area contributed by atoms with Crippen molar-refractivity contribution in [2.24, 2.45) is 11.5 Å². The molecule has 0 aliphatic carbocycles. The standard InChI is InChI=1S/C20H29N9O7/c21-12(3-10-5-23-8-25-10)17(32)27-13(1-2-16(22)31)18(33)29-15(7-30)19(34)28-14(20(35)36)4-11-6-24-9-26-11/h5-6,8-9,12-15,30H,1-4,7,21H2,(H2,22,31)(H,23,25)(H,24,26)(H,27,32)(H,28,34)(H,29,33)(H,35,36). The number of aliphatic hydroxyl groups excluding tert-OH is 1. The number of aliphatic hydroxyl groups is 1. The molecule has 16 nitrogen and oxygen atoms in total. The predicted molar refractivity (Wildman–Crippen MR) is 122 cm³/mol. The number of nitrogens with two attached hydrogens (primary N) is 2. The minimum Gasteiger partial charge on any atom is -0.480 e. The molecule has 0 bridgehead atoms. The van der Waals surface area contributed by atoms with Crippen molar-refractivity contribution < 1.29 is 34.2 Å². The van der Waals surface area contributed by atoms with E-state index in [4.69, 9.17) is 11.5 Å². The molecule has 0 fully saturated rings. The number of carbonyl (C=O) groups excluding carboxylic acids is 4. The summed E-state index contributed by atoms with van der Waals surface area (Å²) in [5.41, 5.74) is 12.0. The molecular formula is C20H29N9O7. The van der Waals surface area contributed by atoms with Crippen molar-refractivity contribution in [3.63, 3.8) is 0 Å². The number of primary amides is 1. The van der Waals surface area contributed by atoms with E-state index in [1.807, 2.05) is 0 Å². The molecule has 196 valence electrons. The maximum Gasteiger partial charge on any atom is 0.326 e. The van der Waals surface area contributed by atoms with Gasteiger partial charge in [-0.3, -0.25) is 19.2 Å². The van der Waals surface area contributed by atoms with Crippen LogP contribution in [0.25, 0.3) is 0 Å². The van der Waals surface area contributed by atoms with Crippen molar-refractivity contribution in [2.75, 3.05) is 6.61 Å². The van der Waals surface area contributed by atoms with Crippen LogP contribution in [0, 0.1) is 0 Å². The van der Waals surface area contributed by atoms with Gasteiger partial charge < -0.3 is 47.6 Å². The first-order valence-corrected chi connectivity index (χ1v) is 10.8.